The SMILES string of the molecule is Cc1cn([C@H]2CC[C@@H](COC(c3ccc(OC(=O)OCC(C)c4ccccc4[N+](=O)[O-])cc3)(c3ccc(OC(=O)OCC(C)c4ccccc4[N+](=O)[O-])cc3)c3ccc(OC(=O)OCC(C)c4ccccc4[N+](=O)[O-])cc3)O2)c(=O)[nH]c1=O. The van der Waals surface area contributed by atoms with E-state index in [0.717, 1.165) is 0 Å². The molecule has 3 unspecified atom stereocenters. The molecule has 24 nitrogen and oxygen atoms in total. The lowest BCUT2D eigenvalue weighted by Crippen LogP contribution is -2.36. The summed E-state index contributed by atoms with van der Waals surface area (Å²) in [6.45, 7) is 5.67. The molecule has 0 radical (unpaired) electrons. The first-order valence-corrected chi connectivity index (χ1v) is 26.0. The number of carbonyl (C=O) groups is 3. The zero-order valence-corrected chi connectivity index (χ0v) is 45.1. The number of aryl methyl sites for hydroxylation is 1. The Labute approximate surface area is 472 Å². The molecule has 24 heteroatoms. The second-order valence-electron chi connectivity index (χ2n) is 19.5. The predicted octanol–water partition coefficient (Wildman–Crippen LogP) is 11.2. The summed E-state index contributed by atoms with van der Waals surface area (Å²) in [4.78, 5) is 100. The molecule has 430 valence electrons. The van der Waals surface area contributed by atoms with Crippen LogP contribution in [-0.2, 0) is 29.3 Å². The highest BCUT2D eigenvalue weighted by Crippen LogP contribution is 2.44. The number of benzene rings is 6. The predicted molar refractivity (Wildman–Crippen MR) is 295 cm³/mol. The fourth-order valence-electron chi connectivity index (χ4n) is 9.49. The van der Waals surface area contributed by atoms with Gasteiger partial charge in [0.05, 0.1) is 27.5 Å². The number of ether oxygens (including phenoxy) is 8. The lowest BCUT2D eigenvalue weighted by atomic mass is 9.80. The van der Waals surface area contributed by atoms with Gasteiger partial charge < -0.3 is 37.9 Å². The molecule has 1 aliphatic rings. The Morgan fingerprint density at radius 3 is 1.27 bits per heavy atom. The van der Waals surface area contributed by atoms with Crippen LogP contribution in [0.1, 0.15) is 96.5 Å². The minimum absolute atomic E-state index is 0.0338. The van der Waals surface area contributed by atoms with Crippen molar-refractivity contribution in [3.63, 3.8) is 0 Å². The van der Waals surface area contributed by atoms with Gasteiger partial charge in [0.15, 0.2) is 0 Å². The summed E-state index contributed by atoms with van der Waals surface area (Å²) in [5.74, 6) is -1.61. The Hall–Kier alpha value is -10.1. The summed E-state index contributed by atoms with van der Waals surface area (Å²) in [5, 5.41) is 35.0. The molecule has 0 aliphatic carbocycles. The van der Waals surface area contributed by atoms with Crippen molar-refractivity contribution in [3.05, 3.63) is 242 Å². The average Bonchev–Trinajstić information content (AvgIpc) is 3.29. The molecule has 0 bridgehead atoms. The molecule has 0 saturated carbocycles. The number of H-pyrrole nitrogens is 1. The van der Waals surface area contributed by atoms with Crippen molar-refractivity contribution in [1.82, 2.24) is 9.55 Å². The van der Waals surface area contributed by atoms with Gasteiger partial charge in [0.2, 0.25) is 0 Å². The van der Waals surface area contributed by atoms with Gasteiger partial charge >= 0.3 is 24.2 Å². The van der Waals surface area contributed by atoms with Gasteiger partial charge in [-0.05, 0) is 72.9 Å². The second-order valence-corrected chi connectivity index (χ2v) is 19.5. The summed E-state index contributed by atoms with van der Waals surface area (Å²) in [6, 6.07) is 36.8. The van der Waals surface area contributed by atoms with E-state index in [0.29, 0.717) is 51.8 Å². The maximum absolute atomic E-state index is 13.1. The van der Waals surface area contributed by atoms with E-state index in [1.807, 2.05) is 0 Å². The van der Waals surface area contributed by atoms with Crippen LogP contribution in [0.15, 0.2) is 161 Å². The number of hydrogen-bond donors (Lipinski definition) is 1. The first kappa shape index (κ1) is 59.1. The van der Waals surface area contributed by atoms with Crippen molar-refractivity contribution in [2.75, 3.05) is 26.4 Å². The Balaban J connectivity index is 1.09. The maximum Gasteiger partial charge on any atom is 0.513 e. The van der Waals surface area contributed by atoms with E-state index >= 15 is 0 Å². The van der Waals surface area contributed by atoms with Gasteiger partial charge in [-0.15, -0.1) is 0 Å². The quantitative estimate of drug-likeness (QED) is 0.0165. The van der Waals surface area contributed by atoms with Crippen molar-refractivity contribution in [2.24, 2.45) is 0 Å². The van der Waals surface area contributed by atoms with E-state index in [4.69, 9.17) is 37.9 Å². The normalized spacial score (nSPS) is 15.6. The lowest BCUT2D eigenvalue weighted by Gasteiger charge is -2.37. The third-order valence-electron chi connectivity index (χ3n) is 13.8. The van der Waals surface area contributed by atoms with E-state index < -0.39 is 80.2 Å². The van der Waals surface area contributed by atoms with Gasteiger partial charge in [-0.3, -0.25) is 44.7 Å². The molecular weight excluding hydrogens is 1080 g/mol. The van der Waals surface area contributed by atoms with Crippen LogP contribution in [0.2, 0.25) is 0 Å². The standard InChI is InChI=1S/C59H55N5O19/c1-36-31-61(55(66)60-54(36)65)53-30-29-46(80-53)35-79-59(40-17-23-43(24-18-40)81-56(67)76-32-37(2)47-11-5-8-14-50(47)62(70)71,41-19-25-44(26-20-41)82-57(68)77-33-38(3)48-12-6-9-15-51(48)63(72)73)42-21-27-45(28-22-42)83-58(69)78-34-39(4)49-13-7-10-16-52(49)64(74)75/h5-28,31,37-39,46,53H,29-30,32-35H2,1-4H3,(H,60,65,66)/t37?,38?,39?,46-,53+,59?/m0/s1. The number of hydrogen-bond acceptors (Lipinski definition) is 19. The lowest BCUT2D eigenvalue weighted by molar-refractivity contribution is -0.385. The molecule has 1 aliphatic heterocycles. The van der Waals surface area contributed by atoms with E-state index in [1.54, 1.807) is 100 Å². The first-order chi connectivity index (χ1) is 39.8. The van der Waals surface area contributed by atoms with Gasteiger partial charge in [0.1, 0.15) is 48.9 Å². The van der Waals surface area contributed by atoms with E-state index in [-0.39, 0.29) is 60.7 Å². The molecule has 2 heterocycles. The van der Waals surface area contributed by atoms with Crippen LogP contribution < -0.4 is 25.5 Å². The highest BCUT2D eigenvalue weighted by molar-refractivity contribution is 5.66. The van der Waals surface area contributed by atoms with Crippen LogP contribution in [0.25, 0.3) is 0 Å². The number of aromatic amines is 1. The molecule has 5 atom stereocenters. The number of nitro benzene ring substituents is 3. The molecule has 8 rings (SSSR count). The third-order valence-corrected chi connectivity index (χ3v) is 13.8. The van der Waals surface area contributed by atoms with Gasteiger partial charge in [-0.2, -0.15) is 0 Å². The van der Waals surface area contributed by atoms with Gasteiger partial charge in [-0.1, -0.05) is 112 Å². The highest BCUT2D eigenvalue weighted by Gasteiger charge is 2.40. The van der Waals surface area contributed by atoms with Crippen LogP contribution in [0.3, 0.4) is 0 Å². The van der Waals surface area contributed by atoms with Crippen LogP contribution in [0, 0.1) is 37.3 Å². The Morgan fingerprint density at radius 1 is 0.566 bits per heavy atom. The number of nitrogens with zero attached hydrogens (tertiary/aromatic N) is 4. The Kier molecular flexibility index (Phi) is 18.8. The maximum atomic E-state index is 13.1. The minimum atomic E-state index is -1.66. The molecule has 1 N–H and O–H groups in total. The van der Waals surface area contributed by atoms with Crippen molar-refractivity contribution in [3.8, 4) is 17.2 Å². The zero-order chi connectivity index (χ0) is 59.4. The summed E-state index contributed by atoms with van der Waals surface area (Å²) >= 11 is 0. The van der Waals surface area contributed by atoms with Crippen LogP contribution in [0.4, 0.5) is 31.4 Å². The second kappa shape index (κ2) is 26.5. The molecular formula is C59H55N5O19. The van der Waals surface area contributed by atoms with Crippen LogP contribution in [-0.4, -0.2) is 75.3 Å². The number of nitro groups is 3. The largest absolute Gasteiger partial charge is 0.513 e. The van der Waals surface area contributed by atoms with E-state index in [2.05, 4.69) is 4.98 Å². The molecule has 6 aromatic carbocycles. The molecule has 0 amide bonds. The highest BCUT2D eigenvalue weighted by atomic mass is 16.7. The van der Waals surface area contributed by atoms with Crippen molar-refractivity contribution < 1.29 is 67.0 Å². The number of para-hydroxylation sites is 3. The smallest absolute Gasteiger partial charge is 0.433 e. The van der Waals surface area contributed by atoms with Crippen molar-refractivity contribution in [2.45, 2.75) is 76.2 Å². The zero-order valence-electron chi connectivity index (χ0n) is 45.1. The molecule has 1 aromatic heterocycles. The minimum Gasteiger partial charge on any atom is -0.433 e. The third kappa shape index (κ3) is 14.3. The van der Waals surface area contributed by atoms with Crippen molar-refractivity contribution >= 4 is 35.5 Å². The monoisotopic (exact) mass is 1140 g/mol. The van der Waals surface area contributed by atoms with E-state index in [1.165, 1.54) is 83.6 Å². The fourth-order valence-corrected chi connectivity index (χ4v) is 9.49. The van der Waals surface area contributed by atoms with E-state index in [9.17, 15) is 54.3 Å². The summed E-state index contributed by atoms with van der Waals surface area (Å²) in [7, 11) is 0. The van der Waals surface area contributed by atoms with Gasteiger partial charge in [-0.25, -0.2) is 19.2 Å². The molecule has 83 heavy (non-hydrogen) atoms. The topological polar surface area (TPSA) is 309 Å². The fraction of sp³-hybridized carbons (Fsp3) is 0.271. The number of aromatic nitrogens is 2. The summed E-state index contributed by atoms with van der Waals surface area (Å²) < 4.78 is 47.6. The van der Waals surface area contributed by atoms with Crippen LogP contribution >= 0.6 is 0 Å². The number of nitrogens with one attached hydrogen (secondary N) is 1. The van der Waals surface area contributed by atoms with Gasteiger partial charge in [0, 0.05) is 64.4 Å². The summed E-state index contributed by atoms with van der Waals surface area (Å²) in [5.41, 5.74) is -0.641. The Morgan fingerprint density at radius 2 is 0.916 bits per heavy atom. The molecule has 0 spiro atoms. The number of carbonyl (C=O) groups excluding carboxylic acids is 3. The Bertz CT molecular complexity index is 3320. The first-order valence-electron chi connectivity index (χ1n) is 26.0. The molecule has 1 saturated heterocycles. The van der Waals surface area contributed by atoms with Crippen molar-refractivity contribution in [1.29, 1.82) is 0 Å². The van der Waals surface area contributed by atoms with Crippen LogP contribution in [0.5, 0.6) is 17.2 Å². The van der Waals surface area contributed by atoms with Gasteiger partial charge in [0.25, 0.3) is 22.6 Å². The average molecular weight is 1140 g/mol. The molecule has 7 aromatic rings. The molecule has 1 fully saturated rings. The summed E-state index contributed by atoms with van der Waals surface area (Å²) in [6.07, 6.45) is -2.52. The number of rotatable bonds is 22.